The van der Waals surface area contributed by atoms with Gasteiger partial charge in [-0.2, -0.15) is 0 Å². The molecule has 2 atom stereocenters. The quantitative estimate of drug-likeness (QED) is 0.588. The largest absolute Gasteiger partial charge is 0.393 e. The lowest BCUT2D eigenvalue weighted by Crippen LogP contribution is -2.02. The maximum Gasteiger partial charge on any atom is 0.0543 e. The van der Waals surface area contributed by atoms with Gasteiger partial charge in [-0.3, -0.25) is 5.73 Å². The normalized spacial score (nSPS) is 35.3. The first-order valence-electron chi connectivity index (χ1n) is 3.65. The molecule has 0 amide bonds. The van der Waals surface area contributed by atoms with Crippen molar-refractivity contribution in [2.45, 2.75) is 31.8 Å². The molecule has 0 aromatic heterocycles. The van der Waals surface area contributed by atoms with Gasteiger partial charge < -0.3 is 5.11 Å². The van der Waals surface area contributed by atoms with Crippen LogP contribution in [0.1, 0.15) is 25.7 Å². The van der Waals surface area contributed by atoms with Crippen LogP contribution in [0, 0.1) is 5.92 Å². The van der Waals surface area contributed by atoms with E-state index < -0.39 is 0 Å². The van der Waals surface area contributed by atoms with Crippen molar-refractivity contribution in [3.63, 3.8) is 0 Å². The van der Waals surface area contributed by atoms with E-state index in [2.05, 4.69) is 0 Å². The Hall–Kier alpha value is -0.0800. The molecule has 1 rings (SSSR count). The third kappa shape index (κ3) is 1.95. The average molecular weight is 128 g/mol. The van der Waals surface area contributed by atoms with Crippen molar-refractivity contribution in [2.75, 3.05) is 6.54 Å². The minimum atomic E-state index is -0.0541. The summed E-state index contributed by atoms with van der Waals surface area (Å²) in [4.78, 5) is 0. The lowest BCUT2D eigenvalue weighted by Gasteiger charge is -2.04. The molecule has 0 aliphatic heterocycles. The molecule has 2 N–H and O–H groups in total. The van der Waals surface area contributed by atoms with Gasteiger partial charge in [-0.1, -0.05) is 0 Å². The zero-order valence-electron chi connectivity index (χ0n) is 5.64. The van der Waals surface area contributed by atoms with Crippen LogP contribution < -0.4 is 5.73 Å². The Labute approximate surface area is 56.1 Å². The molecule has 0 spiro atoms. The second kappa shape index (κ2) is 3.18. The first-order valence-corrected chi connectivity index (χ1v) is 3.65. The molecule has 1 aliphatic carbocycles. The summed E-state index contributed by atoms with van der Waals surface area (Å²) in [5.74, 6) is 0.650. The van der Waals surface area contributed by atoms with Crippen molar-refractivity contribution in [3.8, 4) is 0 Å². The Morgan fingerprint density at radius 3 is 2.67 bits per heavy atom. The van der Waals surface area contributed by atoms with E-state index in [0.717, 1.165) is 25.7 Å². The highest BCUT2D eigenvalue weighted by molar-refractivity contribution is 4.74. The molecule has 2 nitrogen and oxygen atoms in total. The summed E-state index contributed by atoms with van der Waals surface area (Å²) < 4.78 is 0. The van der Waals surface area contributed by atoms with E-state index in [0.29, 0.717) is 12.5 Å². The van der Waals surface area contributed by atoms with Crippen molar-refractivity contribution in [3.05, 3.63) is 0 Å². The molecule has 0 aromatic carbocycles. The second-order valence-electron chi connectivity index (χ2n) is 2.87. The molecular formula is C7H14NO. The van der Waals surface area contributed by atoms with E-state index >= 15 is 0 Å². The van der Waals surface area contributed by atoms with Crippen molar-refractivity contribution in [2.24, 2.45) is 5.92 Å². The Balaban J connectivity index is 2.14. The van der Waals surface area contributed by atoms with Gasteiger partial charge in [-0.25, -0.2) is 0 Å². The minimum Gasteiger partial charge on any atom is -0.393 e. The summed E-state index contributed by atoms with van der Waals surface area (Å²) in [7, 11) is 0. The second-order valence-corrected chi connectivity index (χ2v) is 2.87. The van der Waals surface area contributed by atoms with E-state index in [-0.39, 0.29) is 6.10 Å². The van der Waals surface area contributed by atoms with Crippen molar-refractivity contribution in [1.82, 2.24) is 5.73 Å². The van der Waals surface area contributed by atoms with Gasteiger partial charge in [0.15, 0.2) is 0 Å². The third-order valence-electron chi connectivity index (χ3n) is 2.07. The highest BCUT2D eigenvalue weighted by atomic mass is 16.3. The maximum atomic E-state index is 9.06. The smallest absolute Gasteiger partial charge is 0.0543 e. The summed E-state index contributed by atoms with van der Waals surface area (Å²) in [5.41, 5.74) is 6.95. The lowest BCUT2D eigenvalue weighted by atomic mass is 10.0. The number of rotatable bonds is 2. The zero-order valence-corrected chi connectivity index (χ0v) is 5.64. The predicted molar refractivity (Wildman–Crippen MR) is 35.9 cm³/mol. The molecule has 0 aromatic rings. The van der Waals surface area contributed by atoms with Crippen molar-refractivity contribution >= 4 is 0 Å². The van der Waals surface area contributed by atoms with Gasteiger partial charge in [0, 0.05) is 6.54 Å². The van der Waals surface area contributed by atoms with Gasteiger partial charge >= 0.3 is 0 Å². The molecule has 0 bridgehead atoms. The zero-order chi connectivity index (χ0) is 6.69. The summed E-state index contributed by atoms with van der Waals surface area (Å²) in [6.07, 6.45) is 3.97. The Bertz CT molecular complexity index is 83.0. The summed E-state index contributed by atoms with van der Waals surface area (Å²) >= 11 is 0. The van der Waals surface area contributed by atoms with Crippen LogP contribution in [-0.2, 0) is 0 Å². The van der Waals surface area contributed by atoms with Crippen LogP contribution in [0.4, 0.5) is 0 Å². The Morgan fingerprint density at radius 2 is 2.22 bits per heavy atom. The van der Waals surface area contributed by atoms with Crippen molar-refractivity contribution in [1.29, 1.82) is 0 Å². The van der Waals surface area contributed by atoms with Gasteiger partial charge in [0.1, 0.15) is 0 Å². The van der Waals surface area contributed by atoms with Gasteiger partial charge in [-0.15, -0.1) is 0 Å². The molecule has 1 aliphatic rings. The minimum absolute atomic E-state index is 0.0541. The van der Waals surface area contributed by atoms with Crippen LogP contribution in [0.5, 0.6) is 0 Å². The molecule has 1 saturated carbocycles. The molecule has 0 saturated heterocycles. The SMILES string of the molecule is [NH]CCC1CCC(O)C1. The maximum absolute atomic E-state index is 9.06. The first-order chi connectivity index (χ1) is 4.33. The van der Waals surface area contributed by atoms with Gasteiger partial charge in [0.25, 0.3) is 0 Å². The third-order valence-corrected chi connectivity index (χ3v) is 2.07. The molecule has 2 unspecified atom stereocenters. The highest BCUT2D eigenvalue weighted by Crippen LogP contribution is 2.27. The molecule has 2 heteroatoms. The van der Waals surface area contributed by atoms with E-state index in [1.165, 1.54) is 0 Å². The van der Waals surface area contributed by atoms with Gasteiger partial charge in [0.2, 0.25) is 0 Å². The van der Waals surface area contributed by atoms with Crippen LogP contribution in [-0.4, -0.2) is 17.8 Å². The number of hydrogen-bond acceptors (Lipinski definition) is 1. The molecule has 0 heterocycles. The average Bonchev–Trinajstić information content (AvgIpc) is 2.17. The molecular weight excluding hydrogens is 114 g/mol. The first kappa shape index (κ1) is 7.03. The molecule has 53 valence electrons. The molecule has 1 radical (unpaired) electrons. The summed E-state index contributed by atoms with van der Waals surface area (Å²) in [6, 6.07) is 0. The number of aliphatic hydroxyl groups is 1. The topological polar surface area (TPSA) is 44.0 Å². The lowest BCUT2D eigenvalue weighted by molar-refractivity contribution is 0.177. The highest BCUT2D eigenvalue weighted by Gasteiger charge is 2.21. The van der Waals surface area contributed by atoms with E-state index in [1.807, 2.05) is 0 Å². The monoisotopic (exact) mass is 128 g/mol. The van der Waals surface area contributed by atoms with Crippen LogP contribution in [0.25, 0.3) is 0 Å². The van der Waals surface area contributed by atoms with Crippen molar-refractivity contribution < 1.29 is 5.11 Å². The fourth-order valence-electron chi connectivity index (χ4n) is 1.51. The van der Waals surface area contributed by atoms with Crippen LogP contribution >= 0.6 is 0 Å². The van der Waals surface area contributed by atoms with E-state index in [4.69, 9.17) is 10.8 Å². The van der Waals surface area contributed by atoms with Crippen LogP contribution in [0.2, 0.25) is 0 Å². The van der Waals surface area contributed by atoms with Gasteiger partial charge in [0.05, 0.1) is 6.10 Å². The predicted octanol–water partition coefficient (Wildman–Crippen LogP) is 0.820. The van der Waals surface area contributed by atoms with Crippen LogP contribution in [0.15, 0.2) is 0 Å². The molecule has 1 fully saturated rings. The van der Waals surface area contributed by atoms with E-state index in [1.54, 1.807) is 0 Å². The van der Waals surface area contributed by atoms with Crippen LogP contribution in [0.3, 0.4) is 0 Å². The number of nitrogens with one attached hydrogen (secondary N) is 1. The Morgan fingerprint density at radius 1 is 1.44 bits per heavy atom. The Kier molecular flexibility index (Phi) is 2.49. The summed E-state index contributed by atoms with van der Waals surface area (Å²) in [5, 5.41) is 9.06. The van der Waals surface area contributed by atoms with E-state index in [9.17, 15) is 0 Å². The number of aliphatic hydroxyl groups excluding tert-OH is 1. The molecule has 9 heavy (non-hydrogen) atoms. The fourth-order valence-corrected chi connectivity index (χ4v) is 1.51. The van der Waals surface area contributed by atoms with Gasteiger partial charge in [-0.05, 0) is 31.6 Å². The summed E-state index contributed by atoms with van der Waals surface area (Å²) in [6.45, 7) is 0.525. The fraction of sp³-hybridized carbons (Fsp3) is 1.00. The standard InChI is InChI=1S/C7H14NO/c8-4-3-6-1-2-7(9)5-6/h6-9H,1-5H2. The number of hydrogen-bond donors (Lipinski definition) is 1.